The Kier molecular flexibility index (Phi) is 4.23. The summed E-state index contributed by atoms with van der Waals surface area (Å²) in [5.74, 6) is 2.60. The first-order valence-electron chi connectivity index (χ1n) is 8.03. The summed E-state index contributed by atoms with van der Waals surface area (Å²) in [5, 5.41) is 15.5. The zero-order valence-corrected chi connectivity index (χ0v) is 13.8. The summed E-state index contributed by atoms with van der Waals surface area (Å²) in [6.45, 7) is 0.808. The maximum absolute atomic E-state index is 9.17. The molecule has 26 heavy (non-hydrogen) atoms. The fraction of sp³-hybridized carbons (Fsp3) is 0.105. The summed E-state index contributed by atoms with van der Waals surface area (Å²) in [5.41, 5.74) is 2.29. The van der Waals surface area contributed by atoms with E-state index in [0.29, 0.717) is 29.6 Å². The second kappa shape index (κ2) is 6.99. The summed E-state index contributed by atoms with van der Waals surface area (Å²) < 4.78 is 10.7. The molecule has 1 aliphatic heterocycles. The van der Waals surface area contributed by atoms with Crippen LogP contribution < -0.4 is 20.1 Å². The van der Waals surface area contributed by atoms with Gasteiger partial charge in [-0.1, -0.05) is 18.2 Å². The van der Waals surface area contributed by atoms with Gasteiger partial charge in [0.25, 0.3) is 0 Å². The lowest BCUT2D eigenvalue weighted by Gasteiger charge is -2.09. The van der Waals surface area contributed by atoms with Crippen molar-refractivity contribution in [1.29, 1.82) is 5.26 Å². The van der Waals surface area contributed by atoms with Crippen LogP contribution in [0.2, 0.25) is 0 Å². The lowest BCUT2D eigenvalue weighted by Crippen LogP contribution is -2.05. The first kappa shape index (κ1) is 15.7. The molecule has 1 aliphatic rings. The molecule has 0 spiro atoms. The van der Waals surface area contributed by atoms with Gasteiger partial charge in [0.15, 0.2) is 11.5 Å². The first-order valence-corrected chi connectivity index (χ1v) is 8.03. The number of para-hydroxylation sites is 1. The van der Waals surface area contributed by atoms with E-state index in [1.165, 1.54) is 0 Å². The van der Waals surface area contributed by atoms with Crippen LogP contribution in [-0.4, -0.2) is 16.8 Å². The Morgan fingerprint density at radius 1 is 1.08 bits per heavy atom. The van der Waals surface area contributed by atoms with Crippen LogP contribution in [0, 0.1) is 11.3 Å². The van der Waals surface area contributed by atoms with Gasteiger partial charge in [-0.05, 0) is 35.9 Å². The molecule has 0 fully saturated rings. The van der Waals surface area contributed by atoms with Crippen molar-refractivity contribution in [2.75, 3.05) is 17.4 Å². The van der Waals surface area contributed by atoms with E-state index >= 15 is 0 Å². The van der Waals surface area contributed by atoms with Crippen molar-refractivity contribution in [3.8, 4) is 17.6 Å². The molecular formula is C19H15N5O2. The molecule has 2 N–H and O–H groups in total. The minimum atomic E-state index is 0.257. The summed E-state index contributed by atoms with van der Waals surface area (Å²) >= 11 is 0. The number of fused-ring (bicyclic) bond motifs is 1. The average molecular weight is 345 g/mol. The SMILES string of the molecule is N#Cc1ccccc1Nc1ccnc(NCc2ccc3c(c2)OCO3)n1. The summed E-state index contributed by atoms with van der Waals surface area (Å²) in [4.78, 5) is 8.66. The van der Waals surface area contributed by atoms with Gasteiger partial charge >= 0.3 is 0 Å². The lowest BCUT2D eigenvalue weighted by molar-refractivity contribution is 0.174. The normalized spacial score (nSPS) is 11.7. The second-order valence-corrected chi connectivity index (χ2v) is 5.59. The molecule has 0 saturated carbocycles. The molecule has 128 valence electrons. The van der Waals surface area contributed by atoms with Crippen LogP contribution >= 0.6 is 0 Å². The monoisotopic (exact) mass is 345 g/mol. The van der Waals surface area contributed by atoms with Gasteiger partial charge in [-0.3, -0.25) is 0 Å². The molecule has 0 bridgehead atoms. The highest BCUT2D eigenvalue weighted by atomic mass is 16.7. The number of hydrogen-bond donors (Lipinski definition) is 2. The van der Waals surface area contributed by atoms with Crippen LogP contribution in [0.25, 0.3) is 0 Å². The summed E-state index contributed by atoms with van der Waals surface area (Å²) in [6, 6.07) is 17.0. The van der Waals surface area contributed by atoms with Crippen LogP contribution in [0.15, 0.2) is 54.7 Å². The highest BCUT2D eigenvalue weighted by Gasteiger charge is 2.13. The molecule has 0 atom stereocenters. The highest BCUT2D eigenvalue weighted by molar-refractivity contribution is 5.64. The molecule has 0 aliphatic carbocycles. The Morgan fingerprint density at radius 2 is 1.96 bits per heavy atom. The predicted molar refractivity (Wildman–Crippen MR) is 96.4 cm³/mol. The van der Waals surface area contributed by atoms with Gasteiger partial charge in [0, 0.05) is 12.7 Å². The van der Waals surface area contributed by atoms with E-state index in [2.05, 4.69) is 26.7 Å². The molecule has 2 heterocycles. The number of nitriles is 1. The number of benzene rings is 2. The van der Waals surface area contributed by atoms with Crippen LogP contribution in [0.3, 0.4) is 0 Å². The molecule has 4 rings (SSSR count). The minimum absolute atomic E-state index is 0.257. The molecule has 0 amide bonds. The fourth-order valence-electron chi connectivity index (χ4n) is 2.57. The highest BCUT2D eigenvalue weighted by Crippen LogP contribution is 2.32. The summed E-state index contributed by atoms with van der Waals surface area (Å²) in [7, 11) is 0. The molecule has 0 unspecified atom stereocenters. The third-order valence-corrected chi connectivity index (χ3v) is 3.85. The molecule has 7 heteroatoms. The Hall–Kier alpha value is -3.79. The van der Waals surface area contributed by atoms with Crippen molar-refractivity contribution < 1.29 is 9.47 Å². The first-order chi connectivity index (χ1) is 12.8. The van der Waals surface area contributed by atoms with Crippen molar-refractivity contribution in [1.82, 2.24) is 9.97 Å². The lowest BCUT2D eigenvalue weighted by atomic mass is 10.2. The van der Waals surface area contributed by atoms with Crippen LogP contribution in [-0.2, 0) is 6.54 Å². The third-order valence-electron chi connectivity index (χ3n) is 3.85. The van der Waals surface area contributed by atoms with E-state index in [-0.39, 0.29) is 6.79 Å². The largest absolute Gasteiger partial charge is 0.454 e. The van der Waals surface area contributed by atoms with Crippen molar-refractivity contribution in [3.63, 3.8) is 0 Å². The standard InChI is InChI=1S/C19H15N5O2/c20-10-14-3-1-2-4-15(14)23-18-7-8-21-19(24-18)22-11-13-5-6-16-17(9-13)26-12-25-16/h1-9H,11-12H2,(H2,21,22,23,24). The van der Waals surface area contributed by atoms with Crippen molar-refractivity contribution in [3.05, 3.63) is 65.9 Å². The van der Waals surface area contributed by atoms with Gasteiger partial charge in [-0.2, -0.15) is 10.2 Å². The van der Waals surface area contributed by atoms with E-state index in [1.807, 2.05) is 36.4 Å². The van der Waals surface area contributed by atoms with Crippen LogP contribution in [0.1, 0.15) is 11.1 Å². The van der Waals surface area contributed by atoms with Gasteiger partial charge in [0.1, 0.15) is 11.9 Å². The molecular weight excluding hydrogens is 330 g/mol. The van der Waals surface area contributed by atoms with Gasteiger partial charge in [-0.25, -0.2) is 4.98 Å². The van der Waals surface area contributed by atoms with E-state index in [0.717, 1.165) is 17.1 Å². The van der Waals surface area contributed by atoms with E-state index < -0.39 is 0 Å². The molecule has 2 aromatic carbocycles. The van der Waals surface area contributed by atoms with E-state index in [9.17, 15) is 5.26 Å². The molecule has 0 saturated heterocycles. The topological polar surface area (TPSA) is 92.1 Å². The number of rotatable bonds is 5. The Bertz CT molecular complexity index is 984. The van der Waals surface area contributed by atoms with Gasteiger partial charge in [0.2, 0.25) is 12.7 Å². The van der Waals surface area contributed by atoms with Gasteiger partial charge < -0.3 is 20.1 Å². The Morgan fingerprint density at radius 3 is 2.88 bits per heavy atom. The number of ether oxygens (including phenoxy) is 2. The molecule has 3 aromatic rings. The third kappa shape index (κ3) is 3.35. The maximum Gasteiger partial charge on any atom is 0.231 e. The zero-order valence-electron chi connectivity index (χ0n) is 13.8. The number of nitrogens with one attached hydrogen (secondary N) is 2. The summed E-state index contributed by atoms with van der Waals surface area (Å²) in [6.07, 6.45) is 1.66. The number of aromatic nitrogens is 2. The van der Waals surface area contributed by atoms with Crippen molar-refractivity contribution >= 4 is 17.5 Å². The van der Waals surface area contributed by atoms with E-state index in [1.54, 1.807) is 18.3 Å². The minimum Gasteiger partial charge on any atom is -0.454 e. The molecule has 0 radical (unpaired) electrons. The number of anilines is 3. The van der Waals surface area contributed by atoms with Crippen molar-refractivity contribution in [2.45, 2.75) is 6.54 Å². The maximum atomic E-state index is 9.17. The van der Waals surface area contributed by atoms with Crippen LogP contribution in [0.4, 0.5) is 17.5 Å². The number of nitrogens with zero attached hydrogens (tertiary/aromatic N) is 3. The second-order valence-electron chi connectivity index (χ2n) is 5.59. The fourth-order valence-corrected chi connectivity index (χ4v) is 2.57. The number of hydrogen-bond acceptors (Lipinski definition) is 7. The Balaban J connectivity index is 1.45. The molecule has 7 nitrogen and oxygen atoms in total. The van der Waals surface area contributed by atoms with Gasteiger partial charge in [-0.15, -0.1) is 0 Å². The van der Waals surface area contributed by atoms with Gasteiger partial charge in [0.05, 0.1) is 11.3 Å². The van der Waals surface area contributed by atoms with E-state index in [4.69, 9.17) is 9.47 Å². The Labute approximate surface area is 150 Å². The van der Waals surface area contributed by atoms with Crippen LogP contribution in [0.5, 0.6) is 11.5 Å². The van der Waals surface area contributed by atoms with Crippen molar-refractivity contribution in [2.24, 2.45) is 0 Å². The smallest absolute Gasteiger partial charge is 0.231 e. The molecule has 1 aromatic heterocycles. The average Bonchev–Trinajstić information content (AvgIpc) is 3.15. The quantitative estimate of drug-likeness (QED) is 0.732. The predicted octanol–water partition coefficient (Wildman–Crippen LogP) is 3.43. The zero-order chi connectivity index (χ0) is 17.8.